The van der Waals surface area contributed by atoms with Crippen molar-refractivity contribution in [2.75, 3.05) is 13.2 Å². The van der Waals surface area contributed by atoms with Gasteiger partial charge in [-0.05, 0) is 37.0 Å². The molecule has 4 nitrogen and oxygen atoms in total. The largest absolute Gasteiger partial charge is 0.381 e. The minimum Gasteiger partial charge on any atom is -0.381 e. The summed E-state index contributed by atoms with van der Waals surface area (Å²) < 4.78 is 5.37. The first-order valence-electron chi connectivity index (χ1n) is 5.96. The van der Waals surface area contributed by atoms with Gasteiger partial charge in [-0.25, -0.2) is 4.98 Å². The van der Waals surface area contributed by atoms with Crippen LogP contribution in [0.5, 0.6) is 0 Å². The first-order chi connectivity index (χ1) is 8.29. The van der Waals surface area contributed by atoms with Crippen molar-refractivity contribution in [1.29, 1.82) is 5.26 Å². The number of nitriles is 1. The maximum atomic E-state index is 8.76. The Bertz CT molecular complexity index is 407. The molecule has 0 amide bonds. The topological polar surface area (TPSA) is 57.9 Å². The third-order valence-electron chi connectivity index (χ3n) is 3.24. The lowest BCUT2D eigenvalue weighted by atomic mass is 10.0. The van der Waals surface area contributed by atoms with Gasteiger partial charge in [0.2, 0.25) is 0 Å². The third-order valence-corrected chi connectivity index (χ3v) is 3.24. The predicted octanol–water partition coefficient (Wildman–Crippen LogP) is 1.47. The summed E-state index contributed by atoms with van der Waals surface area (Å²) in [4.78, 5) is 3.95. The summed E-state index contributed by atoms with van der Waals surface area (Å²) in [5.74, 6) is 0.604. The van der Waals surface area contributed by atoms with Crippen LogP contribution >= 0.6 is 0 Å². The zero-order valence-corrected chi connectivity index (χ0v) is 10.0. The zero-order valence-electron chi connectivity index (χ0n) is 10.0. The van der Waals surface area contributed by atoms with Gasteiger partial charge in [-0.3, -0.25) is 0 Å². The van der Waals surface area contributed by atoms with Gasteiger partial charge in [-0.2, -0.15) is 5.26 Å². The summed E-state index contributed by atoms with van der Waals surface area (Å²) in [6.45, 7) is 4.69. The molecule has 90 valence electrons. The zero-order chi connectivity index (χ0) is 12.1. The van der Waals surface area contributed by atoms with E-state index in [-0.39, 0.29) is 0 Å². The van der Waals surface area contributed by atoms with Gasteiger partial charge in [-0.1, -0.05) is 0 Å². The molecular formula is C13H17N3O. The fraction of sp³-hybridized carbons (Fsp3) is 0.538. The number of nitrogens with zero attached hydrogens (tertiary/aromatic N) is 2. The van der Waals surface area contributed by atoms with Crippen LogP contribution in [0.2, 0.25) is 0 Å². The van der Waals surface area contributed by atoms with Crippen LogP contribution in [0.3, 0.4) is 0 Å². The number of pyridine rings is 1. The van der Waals surface area contributed by atoms with Crippen LogP contribution in [-0.2, 0) is 11.3 Å². The lowest BCUT2D eigenvalue weighted by Crippen LogP contribution is -2.33. The van der Waals surface area contributed by atoms with E-state index in [1.54, 1.807) is 6.20 Å². The molecule has 2 unspecified atom stereocenters. The van der Waals surface area contributed by atoms with Crippen molar-refractivity contribution >= 4 is 0 Å². The second kappa shape index (κ2) is 5.76. The molecule has 0 aromatic carbocycles. The highest BCUT2D eigenvalue weighted by Gasteiger charge is 2.21. The predicted molar refractivity (Wildman–Crippen MR) is 64.2 cm³/mol. The summed E-state index contributed by atoms with van der Waals surface area (Å²) in [6, 6.07) is 6.25. The van der Waals surface area contributed by atoms with E-state index in [0.29, 0.717) is 17.7 Å². The molecule has 0 saturated carbocycles. The molecule has 1 saturated heterocycles. The molecule has 0 bridgehead atoms. The van der Waals surface area contributed by atoms with E-state index in [1.165, 1.54) is 0 Å². The first kappa shape index (κ1) is 12.0. The van der Waals surface area contributed by atoms with Gasteiger partial charge in [0.05, 0.1) is 6.61 Å². The van der Waals surface area contributed by atoms with Gasteiger partial charge in [-0.15, -0.1) is 0 Å². The molecule has 2 heterocycles. The average Bonchev–Trinajstić information content (AvgIpc) is 2.90. The smallest absolute Gasteiger partial charge is 0.140 e. The van der Waals surface area contributed by atoms with E-state index in [9.17, 15) is 0 Å². The second-order valence-corrected chi connectivity index (χ2v) is 4.45. The van der Waals surface area contributed by atoms with E-state index >= 15 is 0 Å². The van der Waals surface area contributed by atoms with Crippen LogP contribution in [0.15, 0.2) is 18.3 Å². The summed E-state index contributed by atoms with van der Waals surface area (Å²) in [5.41, 5.74) is 1.57. The van der Waals surface area contributed by atoms with Crippen molar-refractivity contribution in [2.45, 2.75) is 25.9 Å². The van der Waals surface area contributed by atoms with Crippen molar-refractivity contribution in [3.63, 3.8) is 0 Å². The van der Waals surface area contributed by atoms with Crippen molar-refractivity contribution in [3.8, 4) is 6.07 Å². The maximum Gasteiger partial charge on any atom is 0.140 e. The van der Waals surface area contributed by atoms with Gasteiger partial charge in [0.15, 0.2) is 0 Å². The second-order valence-electron chi connectivity index (χ2n) is 4.45. The highest BCUT2D eigenvalue weighted by molar-refractivity contribution is 5.25. The molecule has 0 spiro atoms. The molecule has 1 fully saturated rings. The average molecular weight is 231 g/mol. The number of hydrogen-bond acceptors (Lipinski definition) is 4. The fourth-order valence-electron chi connectivity index (χ4n) is 2.04. The Kier molecular flexibility index (Phi) is 4.08. The molecule has 1 N–H and O–H groups in total. The molecule has 0 aliphatic carbocycles. The van der Waals surface area contributed by atoms with E-state index in [1.807, 2.05) is 12.1 Å². The monoisotopic (exact) mass is 231 g/mol. The summed E-state index contributed by atoms with van der Waals surface area (Å²) in [7, 11) is 0. The number of rotatable bonds is 4. The molecule has 17 heavy (non-hydrogen) atoms. The van der Waals surface area contributed by atoms with Gasteiger partial charge >= 0.3 is 0 Å². The highest BCUT2D eigenvalue weighted by atomic mass is 16.5. The van der Waals surface area contributed by atoms with E-state index < -0.39 is 0 Å². The van der Waals surface area contributed by atoms with Crippen LogP contribution in [0.4, 0.5) is 0 Å². The maximum absolute atomic E-state index is 8.76. The molecule has 2 rings (SSSR count). The van der Waals surface area contributed by atoms with Crippen LogP contribution < -0.4 is 5.32 Å². The molecule has 0 radical (unpaired) electrons. The Hall–Kier alpha value is -1.44. The van der Waals surface area contributed by atoms with Crippen molar-refractivity contribution < 1.29 is 4.74 Å². The molecule has 1 aromatic heterocycles. The quantitative estimate of drug-likeness (QED) is 0.852. The number of ether oxygens (including phenoxy) is 1. The highest BCUT2D eigenvalue weighted by Crippen LogP contribution is 2.16. The minimum absolute atomic E-state index is 0.441. The van der Waals surface area contributed by atoms with Crippen molar-refractivity contribution in [2.24, 2.45) is 5.92 Å². The van der Waals surface area contributed by atoms with Gasteiger partial charge in [0, 0.05) is 25.4 Å². The molecule has 1 aliphatic rings. The van der Waals surface area contributed by atoms with Crippen LogP contribution in [-0.4, -0.2) is 24.2 Å². The van der Waals surface area contributed by atoms with Crippen molar-refractivity contribution in [1.82, 2.24) is 10.3 Å². The molecule has 1 aliphatic heterocycles. The third kappa shape index (κ3) is 3.26. The Morgan fingerprint density at radius 2 is 2.59 bits per heavy atom. The van der Waals surface area contributed by atoms with E-state index in [4.69, 9.17) is 10.00 Å². The molecule has 2 atom stereocenters. The van der Waals surface area contributed by atoms with Crippen LogP contribution in [0, 0.1) is 17.2 Å². The Labute approximate surface area is 102 Å². The molecule has 4 heteroatoms. The molecule has 1 aromatic rings. The molecular weight excluding hydrogens is 214 g/mol. The number of nitrogens with one attached hydrogen (secondary N) is 1. The summed E-state index contributed by atoms with van der Waals surface area (Å²) in [5, 5.41) is 12.2. The Balaban J connectivity index is 1.86. The lowest BCUT2D eigenvalue weighted by Gasteiger charge is -2.19. The van der Waals surface area contributed by atoms with Crippen LogP contribution in [0.1, 0.15) is 24.6 Å². The van der Waals surface area contributed by atoms with Crippen molar-refractivity contribution in [3.05, 3.63) is 29.6 Å². The van der Waals surface area contributed by atoms with Gasteiger partial charge in [0.1, 0.15) is 11.8 Å². The number of hydrogen-bond donors (Lipinski definition) is 1. The standard InChI is InChI=1S/C13H17N3O/c1-10(12-3-5-17-9-12)16-8-11-2-4-15-13(6-11)7-14/h2,4,6,10,12,16H,3,5,8-9H2,1H3. The van der Waals surface area contributed by atoms with Gasteiger partial charge < -0.3 is 10.1 Å². The SMILES string of the molecule is CC(NCc1ccnc(C#N)c1)C1CCOC1. The fourth-order valence-corrected chi connectivity index (χ4v) is 2.04. The normalized spacial score (nSPS) is 21.1. The van der Waals surface area contributed by atoms with Crippen LogP contribution in [0.25, 0.3) is 0 Å². The van der Waals surface area contributed by atoms with E-state index in [2.05, 4.69) is 23.3 Å². The minimum atomic E-state index is 0.441. The van der Waals surface area contributed by atoms with E-state index in [0.717, 1.165) is 31.7 Å². The van der Waals surface area contributed by atoms with Gasteiger partial charge in [0.25, 0.3) is 0 Å². The lowest BCUT2D eigenvalue weighted by molar-refractivity contribution is 0.178. The number of aromatic nitrogens is 1. The first-order valence-corrected chi connectivity index (χ1v) is 5.96. The Morgan fingerprint density at radius 3 is 3.29 bits per heavy atom. The summed E-state index contributed by atoms with van der Waals surface area (Å²) >= 11 is 0. The Morgan fingerprint density at radius 1 is 1.71 bits per heavy atom. The summed E-state index contributed by atoms with van der Waals surface area (Å²) in [6.07, 6.45) is 2.81.